The molecule has 9 heteroatoms. The van der Waals surface area contributed by atoms with Crippen LogP contribution in [0.25, 0.3) is 22.3 Å². The van der Waals surface area contributed by atoms with Crippen molar-refractivity contribution in [1.82, 2.24) is 14.8 Å². The average molecular weight is 394 g/mol. The molecule has 0 aliphatic heterocycles. The highest BCUT2D eigenvalue weighted by Gasteiger charge is 2.33. The highest BCUT2D eigenvalue weighted by molar-refractivity contribution is 8.12. The van der Waals surface area contributed by atoms with Crippen molar-refractivity contribution in [3.63, 3.8) is 0 Å². The minimum atomic E-state index is -4.54. The summed E-state index contributed by atoms with van der Waals surface area (Å²) in [6.07, 6.45) is -4.54. The molecule has 0 atom stereocenters. The summed E-state index contributed by atoms with van der Waals surface area (Å²) < 4.78 is 41.1. The monoisotopic (exact) mass is 394 g/mol. The van der Waals surface area contributed by atoms with Gasteiger partial charge in [-0.25, -0.2) is 4.98 Å². The van der Waals surface area contributed by atoms with E-state index >= 15 is 0 Å². The van der Waals surface area contributed by atoms with Gasteiger partial charge in [0, 0.05) is 29.2 Å². The van der Waals surface area contributed by atoms with E-state index in [0.29, 0.717) is 27.3 Å². The molecule has 2 heterocycles. The van der Waals surface area contributed by atoms with Crippen LogP contribution in [0.4, 0.5) is 18.9 Å². The molecular formula is C18H17F3N4OS. The molecule has 0 amide bonds. The molecule has 0 bridgehead atoms. The number of fused-ring (bicyclic) bond motifs is 1. The highest BCUT2D eigenvalue weighted by atomic mass is 32.2. The summed E-state index contributed by atoms with van der Waals surface area (Å²) in [5.74, 6) is 0. The van der Waals surface area contributed by atoms with Gasteiger partial charge in [0.2, 0.25) is 0 Å². The van der Waals surface area contributed by atoms with E-state index < -0.39 is 11.9 Å². The molecule has 142 valence electrons. The fourth-order valence-electron chi connectivity index (χ4n) is 2.81. The first-order valence-corrected chi connectivity index (χ1v) is 9.03. The number of hydrogen-bond donors (Lipinski definition) is 1. The lowest BCUT2D eigenvalue weighted by Gasteiger charge is -2.13. The summed E-state index contributed by atoms with van der Waals surface area (Å²) in [6, 6.07) is 7.48. The number of hydrogen-bond acceptors (Lipinski definition) is 5. The number of nitrogens with one attached hydrogen (secondary N) is 1. The van der Waals surface area contributed by atoms with E-state index in [1.54, 1.807) is 29.9 Å². The van der Waals surface area contributed by atoms with Gasteiger partial charge in [-0.3, -0.25) is 9.48 Å². The third-order valence-corrected chi connectivity index (χ3v) is 4.71. The third-order valence-electron chi connectivity index (χ3n) is 4.02. The number of carbonyl (C=O) groups excluding carboxylic acids is 1. The van der Waals surface area contributed by atoms with E-state index in [4.69, 9.17) is 0 Å². The maximum atomic E-state index is 13.1. The fraction of sp³-hybridized carbons (Fsp3) is 0.278. The molecule has 0 aliphatic carbocycles. The lowest BCUT2D eigenvalue weighted by atomic mass is 10.1. The Hall–Kier alpha value is -2.55. The van der Waals surface area contributed by atoms with Crippen molar-refractivity contribution in [3.8, 4) is 11.3 Å². The molecule has 27 heavy (non-hydrogen) atoms. The van der Waals surface area contributed by atoms with Crippen molar-refractivity contribution in [1.29, 1.82) is 0 Å². The molecule has 0 fully saturated rings. The topological polar surface area (TPSA) is 59.8 Å². The van der Waals surface area contributed by atoms with Crippen molar-refractivity contribution in [3.05, 3.63) is 36.0 Å². The molecule has 0 spiro atoms. The van der Waals surface area contributed by atoms with Gasteiger partial charge in [0.25, 0.3) is 0 Å². The zero-order chi connectivity index (χ0) is 19.8. The van der Waals surface area contributed by atoms with Crippen molar-refractivity contribution in [2.75, 3.05) is 12.4 Å². The lowest BCUT2D eigenvalue weighted by molar-refractivity contribution is -0.140. The largest absolute Gasteiger partial charge is 0.433 e. The molecule has 1 aromatic carbocycles. The van der Waals surface area contributed by atoms with E-state index in [0.717, 1.165) is 23.5 Å². The molecule has 0 aliphatic rings. The molecule has 1 N–H and O–H groups in total. The molecule has 3 aromatic rings. The summed E-state index contributed by atoms with van der Waals surface area (Å²) in [5, 5.41) is 7.41. The van der Waals surface area contributed by atoms with Crippen LogP contribution in [0.5, 0.6) is 0 Å². The molecule has 5 nitrogen and oxygen atoms in total. The number of carbonyl (C=O) groups is 1. The van der Waals surface area contributed by atoms with Crippen LogP contribution in [0.15, 0.2) is 35.2 Å². The van der Waals surface area contributed by atoms with Crippen molar-refractivity contribution < 1.29 is 18.0 Å². The summed E-state index contributed by atoms with van der Waals surface area (Å²) >= 11 is 0.992. The first kappa shape index (κ1) is 19.2. The Morgan fingerprint density at radius 3 is 2.56 bits per heavy atom. The second-order valence-electron chi connectivity index (χ2n) is 6.12. The minimum Gasteiger partial charge on any atom is -0.387 e. The van der Waals surface area contributed by atoms with Gasteiger partial charge in [-0.2, -0.15) is 18.3 Å². The van der Waals surface area contributed by atoms with Crippen LogP contribution >= 0.6 is 11.8 Å². The van der Waals surface area contributed by atoms with Crippen LogP contribution in [-0.2, 0) is 11.0 Å². The Morgan fingerprint density at radius 2 is 1.96 bits per heavy atom. The predicted octanol–water partition coefficient (Wildman–Crippen LogP) is 5.02. The Kier molecular flexibility index (Phi) is 5.14. The zero-order valence-electron chi connectivity index (χ0n) is 14.8. The molecule has 3 rings (SSSR count). The molecule has 2 aromatic heterocycles. The van der Waals surface area contributed by atoms with E-state index in [1.807, 2.05) is 13.8 Å². The number of thioether (sulfide) groups is 1. The number of halogens is 3. The number of alkyl halides is 3. The van der Waals surface area contributed by atoms with Crippen molar-refractivity contribution in [2.24, 2.45) is 0 Å². The third kappa shape index (κ3) is 3.64. The lowest BCUT2D eigenvalue weighted by Crippen LogP contribution is -2.07. The fourth-order valence-corrected chi connectivity index (χ4v) is 3.40. The summed E-state index contributed by atoms with van der Waals surface area (Å²) in [5.41, 5.74) is 2.18. The average Bonchev–Trinajstić information content (AvgIpc) is 3.00. The number of anilines is 1. The molecule has 0 saturated carbocycles. The van der Waals surface area contributed by atoms with Crippen LogP contribution in [0, 0.1) is 0 Å². The molecule has 0 unspecified atom stereocenters. The van der Waals surface area contributed by atoms with E-state index in [1.165, 1.54) is 6.07 Å². The van der Waals surface area contributed by atoms with Gasteiger partial charge in [-0.15, -0.1) is 0 Å². The number of nitrogens with zero attached hydrogens (tertiary/aromatic N) is 3. The second kappa shape index (κ2) is 7.22. The van der Waals surface area contributed by atoms with Gasteiger partial charge >= 0.3 is 6.18 Å². The van der Waals surface area contributed by atoms with Crippen LogP contribution in [0.1, 0.15) is 25.6 Å². The summed E-state index contributed by atoms with van der Waals surface area (Å²) in [6.45, 7) is 3.78. The maximum Gasteiger partial charge on any atom is 0.433 e. The Bertz CT molecular complexity index is 998. The van der Waals surface area contributed by atoms with Gasteiger partial charge in [0.1, 0.15) is 16.7 Å². The SMILES string of the molecule is CNc1ccc(-c2c3nc(C(F)(F)F)ccc3nn2C(C)C)cc1SC=O. The zero-order valence-corrected chi connectivity index (χ0v) is 15.6. The summed E-state index contributed by atoms with van der Waals surface area (Å²) in [7, 11) is 1.73. The number of pyridine rings is 1. The Labute approximate surface area is 158 Å². The Morgan fingerprint density at radius 1 is 1.22 bits per heavy atom. The Balaban J connectivity index is 2.29. The molecule has 0 radical (unpaired) electrons. The van der Waals surface area contributed by atoms with E-state index in [2.05, 4.69) is 15.4 Å². The smallest absolute Gasteiger partial charge is 0.387 e. The van der Waals surface area contributed by atoms with Gasteiger partial charge in [-0.05, 0) is 38.1 Å². The predicted molar refractivity (Wildman–Crippen MR) is 101 cm³/mol. The van der Waals surface area contributed by atoms with Gasteiger partial charge < -0.3 is 5.32 Å². The van der Waals surface area contributed by atoms with Crippen molar-refractivity contribution >= 4 is 34.1 Å². The maximum absolute atomic E-state index is 13.1. The highest BCUT2D eigenvalue weighted by Crippen LogP contribution is 2.37. The van der Waals surface area contributed by atoms with Crippen molar-refractivity contribution in [2.45, 2.75) is 31.0 Å². The quantitative estimate of drug-likeness (QED) is 0.486. The van der Waals surface area contributed by atoms with Crippen LogP contribution in [-0.4, -0.2) is 27.4 Å². The standard InChI is InChI=1S/C18H17F3N4OS/c1-10(2)25-17(11-4-5-12(22-3)14(8-11)27-9-26)16-13(24-25)6-7-15(23-16)18(19,20)21/h4-10,22H,1-3H3. The first-order valence-electron chi connectivity index (χ1n) is 8.15. The number of aromatic nitrogens is 3. The number of benzene rings is 1. The molecular weight excluding hydrogens is 377 g/mol. The van der Waals surface area contributed by atoms with Crippen LogP contribution in [0.3, 0.4) is 0 Å². The van der Waals surface area contributed by atoms with Crippen LogP contribution in [0.2, 0.25) is 0 Å². The van der Waals surface area contributed by atoms with Gasteiger partial charge in [0.15, 0.2) is 5.62 Å². The second-order valence-corrected chi connectivity index (χ2v) is 6.99. The normalized spacial score (nSPS) is 12.0. The summed E-state index contributed by atoms with van der Waals surface area (Å²) in [4.78, 5) is 15.5. The van der Waals surface area contributed by atoms with E-state index in [-0.39, 0.29) is 11.6 Å². The van der Waals surface area contributed by atoms with Crippen LogP contribution < -0.4 is 5.32 Å². The van der Waals surface area contributed by atoms with E-state index in [9.17, 15) is 18.0 Å². The van der Waals surface area contributed by atoms with Gasteiger partial charge in [0.05, 0.1) is 5.69 Å². The minimum absolute atomic E-state index is 0.0883. The molecule has 0 saturated heterocycles. The van der Waals surface area contributed by atoms with Gasteiger partial charge in [-0.1, -0.05) is 17.8 Å². The number of rotatable bonds is 5. The first-order chi connectivity index (χ1) is 12.8.